The Kier molecular flexibility index (Phi) is 2.28. The molecule has 0 aromatic rings. The van der Waals surface area contributed by atoms with Gasteiger partial charge in [-0.1, -0.05) is 12.8 Å². The van der Waals surface area contributed by atoms with Crippen LogP contribution in [0.5, 0.6) is 0 Å². The summed E-state index contributed by atoms with van der Waals surface area (Å²) < 4.78 is 25.9. The van der Waals surface area contributed by atoms with Crippen molar-refractivity contribution in [1.29, 1.82) is 0 Å². The van der Waals surface area contributed by atoms with E-state index in [4.69, 9.17) is 0 Å². The minimum absolute atomic E-state index is 0.253. The van der Waals surface area contributed by atoms with Crippen molar-refractivity contribution in [2.24, 2.45) is 5.92 Å². The van der Waals surface area contributed by atoms with Gasteiger partial charge in [-0.3, -0.25) is 0 Å². The van der Waals surface area contributed by atoms with Gasteiger partial charge in [0.05, 0.1) is 6.54 Å². The van der Waals surface area contributed by atoms with Gasteiger partial charge in [-0.25, -0.2) is 8.78 Å². The number of halogens is 2. The Bertz CT molecular complexity index is 192. The molecule has 1 heterocycles. The Morgan fingerprint density at radius 1 is 1.23 bits per heavy atom. The Balaban J connectivity index is 2.01. The lowest BCUT2D eigenvalue weighted by Gasteiger charge is -2.23. The van der Waals surface area contributed by atoms with Crippen molar-refractivity contribution in [3.8, 4) is 0 Å². The summed E-state index contributed by atoms with van der Waals surface area (Å²) in [6.07, 6.45) is 2.70. The van der Waals surface area contributed by atoms with Crippen LogP contribution in [0.25, 0.3) is 0 Å². The Morgan fingerprint density at radius 2 is 1.85 bits per heavy atom. The van der Waals surface area contributed by atoms with Crippen LogP contribution in [-0.4, -0.2) is 29.7 Å². The van der Waals surface area contributed by atoms with E-state index >= 15 is 0 Å². The first kappa shape index (κ1) is 9.34. The molecule has 1 aliphatic heterocycles. The third kappa shape index (κ3) is 1.57. The molecule has 2 fully saturated rings. The van der Waals surface area contributed by atoms with E-state index in [0.717, 1.165) is 25.7 Å². The summed E-state index contributed by atoms with van der Waals surface area (Å²) in [6.45, 7) is -0.366. The highest BCUT2D eigenvalue weighted by Gasteiger charge is 2.51. The van der Waals surface area contributed by atoms with Crippen molar-refractivity contribution >= 4 is 0 Å². The van der Waals surface area contributed by atoms with Crippen LogP contribution in [0.4, 0.5) is 8.78 Å². The van der Waals surface area contributed by atoms with Gasteiger partial charge in [-0.15, -0.1) is 0 Å². The van der Waals surface area contributed by atoms with Gasteiger partial charge in [-0.05, 0) is 18.8 Å². The second-order valence-electron chi connectivity index (χ2n) is 4.16. The van der Waals surface area contributed by atoms with E-state index < -0.39 is 12.0 Å². The first-order valence-electron chi connectivity index (χ1n) is 4.90. The quantitative estimate of drug-likeness (QED) is 0.651. The molecule has 1 saturated heterocycles. The summed E-state index contributed by atoms with van der Waals surface area (Å²) in [6, 6.07) is -0.377. The zero-order valence-electron chi connectivity index (χ0n) is 7.47. The fourth-order valence-electron chi connectivity index (χ4n) is 2.47. The maximum Gasteiger partial charge on any atom is 0.287 e. The number of alkyl halides is 2. The summed E-state index contributed by atoms with van der Waals surface area (Å²) in [4.78, 5) is 0. The highest BCUT2D eigenvalue weighted by atomic mass is 19.3. The largest absolute Gasteiger partial charge is 0.385 e. The van der Waals surface area contributed by atoms with Crippen molar-refractivity contribution in [2.75, 3.05) is 6.54 Å². The lowest BCUT2D eigenvalue weighted by Crippen LogP contribution is -2.40. The zero-order chi connectivity index (χ0) is 9.47. The molecule has 2 rings (SSSR count). The molecule has 0 radical (unpaired) electrons. The summed E-state index contributed by atoms with van der Waals surface area (Å²) in [5.41, 5.74) is 0. The molecule has 0 bridgehead atoms. The Labute approximate surface area is 76.3 Å². The minimum Gasteiger partial charge on any atom is -0.385 e. The minimum atomic E-state index is -2.92. The summed E-state index contributed by atoms with van der Waals surface area (Å²) in [5, 5.41) is 12.1. The normalized spacial score (nSPS) is 39.9. The second kappa shape index (κ2) is 3.17. The fraction of sp³-hybridized carbons (Fsp3) is 1.00. The van der Waals surface area contributed by atoms with Crippen LogP contribution >= 0.6 is 0 Å². The van der Waals surface area contributed by atoms with Crippen molar-refractivity contribution in [3.63, 3.8) is 0 Å². The monoisotopic (exact) mass is 191 g/mol. The second-order valence-corrected chi connectivity index (χ2v) is 4.16. The SMILES string of the molecule is OC1C(C2CCCC2)NCC1(F)F. The Hall–Kier alpha value is -0.220. The summed E-state index contributed by atoms with van der Waals surface area (Å²) in [5.74, 6) is -2.67. The molecule has 0 aromatic heterocycles. The average Bonchev–Trinajstić information content (AvgIpc) is 2.63. The van der Waals surface area contributed by atoms with Crippen LogP contribution in [0.1, 0.15) is 25.7 Å². The Morgan fingerprint density at radius 3 is 2.31 bits per heavy atom. The van der Waals surface area contributed by atoms with Crippen LogP contribution in [0, 0.1) is 5.92 Å². The van der Waals surface area contributed by atoms with Crippen molar-refractivity contribution in [2.45, 2.75) is 43.8 Å². The zero-order valence-corrected chi connectivity index (χ0v) is 7.47. The van der Waals surface area contributed by atoms with Gasteiger partial charge in [0.1, 0.15) is 6.10 Å². The molecule has 2 unspecified atom stereocenters. The molecule has 13 heavy (non-hydrogen) atoms. The van der Waals surface area contributed by atoms with Gasteiger partial charge in [0.2, 0.25) is 0 Å². The van der Waals surface area contributed by atoms with Gasteiger partial charge in [-0.2, -0.15) is 0 Å². The first-order valence-corrected chi connectivity index (χ1v) is 4.90. The van der Waals surface area contributed by atoms with E-state index in [1.807, 2.05) is 0 Å². The number of aliphatic hydroxyl groups excluding tert-OH is 1. The van der Waals surface area contributed by atoms with Gasteiger partial charge in [0.25, 0.3) is 5.92 Å². The third-order valence-corrected chi connectivity index (χ3v) is 3.25. The number of hydrogen-bond donors (Lipinski definition) is 2. The van der Waals surface area contributed by atoms with Gasteiger partial charge in [0, 0.05) is 6.04 Å². The lowest BCUT2D eigenvalue weighted by molar-refractivity contribution is -0.0851. The smallest absolute Gasteiger partial charge is 0.287 e. The molecular formula is C9H15F2NO. The molecule has 0 aromatic carbocycles. The van der Waals surface area contributed by atoms with Crippen LogP contribution in [0.2, 0.25) is 0 Å². The third-order valence-electron chi connectivity index (χ3n) is 3.25. The molecule has 2 nitrogen and oxygen atoms in total. The van der Waals surface area contributed by atoms with E-state index in [0.29, 0.717) is 0 Å². The van der Waals surface area contributed by atoms with Gasteiger partial charge in [0.15, 0.2) is 0 Å². The predicted octanol–water partition coefficient (Wildman–Crippen LogP) is 1.14. The molecular weight excluding hydrogens is 176 g/mol. The molecule has 0 amide bonds. The van der Waals surface area contributed by atoms with Gasteiger partial charge < -0.3 is 10.4 Å². The number of aliphatic hydroxyl groups is 1. The maximum absolute atomic E-state index is 12.9. The fourth-order valence-corrected chi connectivity index (χ4v) is 2.47. The number of nitrogens with one attached hydrogen (secondary N) is 1. The molecule has 1 saturated carbocycles. The van der Waals surface area contributed by atoms with E-state index in [1.54, 1.807) is 0 Å². The first-order chi connectivity index (χ1) is 6.11. The van der Waals surface area contributed by atoms with Gasteiger partial charge >= 0.3 is 0 Å². The maximum atomic E-state index is 12.9. The lowest BCUT2D eigenvalue weighted by atomic mass is 9.94. The van der Waals surface area contributed by atoms with Crippen molar-refractivity contribution < 1.29 is 13.9 Å². The van der Waals surface area contributed by atoms with Crippen molar-refractivity contribution in [3.05, 3.63) is 0 Å². The molecule has 76 valence electrons. The van der Waals surface area contributed by atoms with E-state index in [2.05, 4.69) is 5.32 Å². The predicted molar refractivity (Wildman–Crippen MR) is 44.7 cm³/mol. The van der Waals surface area contributed by atoms with Crippen LogP contribution in [0.15, 0.2) is 0 Å². The summed E-state index contributed by atoms with van der Waals surface area (Å²) >= 11 is 0. The van der Waals surface area contributed by atoms with E-state index in [1.165, 1.54) is 0 Å². The molecule has 2 aliphatic rings. The molecule has 2 atom stereocenters. The van der Waals surface area contributed by atoms with Crippen molar-refractivity contribution in [1.82, 2.24) is 5.32 Å². The van der Waals surface area contributed by atoms with Crippen LogP contribution in [-0.2, 0) is 0 Å². The molecule has 0 spiro atoms. The highest BCUT2D eigenvalue weighted by molar-refractivity contribution is 5.00. The van der Waals surface area contributed by atoms with E-state index in [-0.39, 0.29) is 18.5 Å². The molecule has 2 N–H and O–H groups in total. The summed E-state index contributed by atoms with van der Waals surface area (Å²) in [7, 11) is 0. The van der Waals surface area contributed by atoms with E-state index in [9.17, 15) is 13.9 Å². The molecule has 4 heteroatoms. The topological polar surface area (TPSA) is 32.3 Å². The van der Waals surface area contributed by atoms with Crippen LogP contribution < -0.4 is 5.32 Å². The number of rotatable bonds is 1. The standard InChI is InChI=1S/C9H15F2NO/c10-9(11)5-12-7(8(9)13)6-3-1-2-4-6/h6-8,12-13H,1-5H2. The average molecular weight is 191 g/mol. The highest BCUT2D eigenvalue weighted by Crippen LogP contribution is 2.36. The van der Waals surface area contributed by atoms with Crippen LogP contribution in [0.3, 0.4) is 0 Å². The molecule has 1 aliphatic carbocycles. The number of hydrogen-bond acceptors (Lipinski definition) is 2.